The number of carbonyl (C=O) groups excluding carboxylic acids is 1. The first kappa shape index (κ1) is 7.78. The van der Waals surface area contributed by atoms with Crippen LogP contribution in [0.15, 0.2) is 11.6 Å². The van der Waals surface area contributed by atoms with Gasteiger partial charge in [0.05, 0.1) is 0 Å². The second-order valence-corrected chi connectivity index (χ2v) is 4.82. The van der Waals surface area contributed by atoms with Gasteiger partial charge in [0, 0.05) is 5.92 Å². The lowest BCUT2D eigenvalue weighted by atomic mass is 9.78. The molecule has 1 nitrogen and oxygen atoms in total. The highest BCUT2D eigenvalue weighted by atomic mass is 16.1. The van der Waals surface area contributed by atoms with E-state index in [4.69, 9.17) is 0 Å². The minimum absolute atomic E-state index is 0.434. The van der Waals surface area contributed by atoms with E-state index in [2.05, 4.69) is 6.08 Å². The molecule has 2 bridgehead atoms. The van der Waals surface area contributed by atoms with Crippen molar-refractivity contribution in [2.24, 2.45) is 23.7 Å². The zero-order valence-electron chi connectivity index (χ0n) is 8.12. The highest BCUT2D eigenvalue weighted by Crippen LogP contribution is 2.59. The lowest BCUT2D eigenvalue weighted by Crippen LogP contribution is -2.26. The largest absolute Gasteiger partial charge is 0.294 e. The molecule has 4 atom stereocenters. The van der Waals surface area contributed by atoms with Crippen molar-refractivity contribution in [3.8, 4) is 0 Å². The Kier molecular flexibility index (Phi) is 1.47. The summed E-state index contributed by atoms with van der Waals surface area (Å²) in [5, 5.41) is 0. The Bertz CT molecular complexity index is 289. The first-order valence-electron chi connectivity index (χ1n) is 5.53. The average molecular weight is 176 g/mol. The van der Waals surface area contributed by atoms with E-state index >= 15 is 0 Å². The molecule has 3 fully saturated rings. The summed E-state index contributed by atoms with van der Waals surface area (Å²) in [6.07, 6.45) is 7.34. The highest BCUT2D eigenvalue weighted by molar-refractivity contribution is 6.01. The van der Waals surface area contributed by atoms with Crippen molar-refractivity contribution in [3.05, 3.63) is 11.6 Å². The standard InChI is InChI=1S/C12H16O/c1-2-7-10-6-11(12(7)13)9-5-3-4-8(9)10/h2,8-11H,3-6H2,1H3. The Balaban J connectivity index is 2.01. The van der Waals surface area contributed by atoms with Crippen LogP contribution in [0, 0.1) is 23.7 Å². The molecule has 0 aromatic rings. The first-order chi connectivity index (χ1) is 6.33. The predicted molar refractivity (Wildman–Crippen MR) is 51.2 cm³/mol. The van der Waals surface area contributed by atoms with Crippen molar-refractivity contribution in [1.29, 1.82) is 0 Å². The van der Waals surface area contributed by atoms with Crippen LogP contribution in [0.4, 0.5) is 0 Å². The maximum absolute atomic E-state index is 11.9. The van der Waals surface area contributed by atoms with E-state index in [9.17, 15) is 4.79 Å². The van der Waals surface area contributed by atoms with Crippen LogP contribution in [0.3, 0.4) is 0 Å². The Morgan fingerprint density at radius 1 is 1.23 bits per heavy atom. The molecule has 3 aliphatic rings. The second kappa shape index (κ2) is 2.46. The van der Waals surface area contributed by atoms with Gasteiger partial charge in [-0.25, -0.2) is 0 Å². The molecule has 4 unspecified atom stereocenters. The molecule has 0 saturated heterocycles. The van der Waals surface area contributed by atoms with Crippen LogP contribution >= 0.6 is 0 Å². The number of allylic oxidation sites excluding steroid dienone is 2. The molecular formula is C12H16O. The fourth-order valence-corrected chi connectivity index (χ4v) is 4.05. The third kappa shape index (κ3) is 0.806. The zero-order chi connectivity index (χ0) is 9.00. The fourth-order valence-electron chi connectivity index (χ4n) is 4.05. The van der Waals surface area contributed by atoms with Gasteiger partial charge in [-0.3, -0.25) is 4.79 Å². The van der Waals surface area contributed by atoms with E-state index in [1.807, 2.05) is 6.92 Å². The van der Waals surface area contributed by atoms with Gasteiger partial charge in [0.1, 0.15) is 0 Å². The van der Waals surface area contributed by atoms with Crippen molar-refractivity contribution in [2.75, 3.05) is 0 Å². The molecule has 13 heavy (non-hydrogen) atoms. The molecule has 0 amide bonds. The first-order valence-corrected chi connectivity index (χ1v) is 5.53. The summed E-state index contributed by atoms with van der Waals surface area (Å²) < 4.78 is 0. The third-order valence-electron chi connectivity index (χ3n) is 4.50. The van der Waals surface area contributed by atoms with Crippen LogP contribution in [0.25, 0.3) is 0 Å². The Morgan fingerprint density at radius 2 is 1.92 bits per heavy atom. The second-order valence-electron chi connectivity index (χ2n) is 4.82. The molecule has 0 aromatic heterocycles. The maximum Gasteiger partial charge on any atom is 0.162 e. The van der Waals surface area contributed by atoms with Crippen molar-refractivity contribution >= 4 is 5.78 Å². The SMILES string of the molecule is CC=C1C(=O)C2CC1C1CCCC21. The van der Waals surface area contributed by atoms with E-state index in [-0.39, 0.29) is 0 Å². The van der Waals surface area contributed by atoms with E-state index in [1.165, 1.54) is 31.3 Å². The van der Waals surface area contributed by atoms with Gasteiger partial charge in [-0.15, -0.1) is 0 Å². The Morgan fingerprint density at radius 3 is 2.62 bits per heavy atom. The van der Waals surface area contributed by atoms with Gasteiger partial charge in [-0.1, -0.05) is 12.5 Å². The lowest BCUT2D eigenvalue weighted by molar-refractivity contribution is -0.120. The molecule has 0 N–H and O–H groups in total. The summed E-state index contributed by atoms with van der Waals surface area (Å²) >= 11 is 0. The average Bonchev–Trinajstić information content (AvgIpc) is 2.71. The molecule has 3 rings (SSSR count). The molecule has 0 heterocycles. The summed E-state index contributed by atoms with van der Waals surface area (Å²) in [6, 6.07) is 0. The molecule has 70 valence electrons. The Labute approximate surface area is 79.2 Å². The Hall–Kier alpha value is -0.590. The number of carbonyl (C=O) groups is 1. The van der Waals surface area contributed by atoms with Crippen molar-refractivity contribution < 1.29 is 4.79 Å². The zero-order valence-corrected chi connectivity index (χ0v) is 8.12. The molecule has 3 saturated carbocycles. The van der Waals surface area contributed by atoms with Crippen LogP contribution in [0.5, 0.6) is 0 Å². The number of hydrogen-bond donors (Lipinski definition) is 0. The fraction of sp³-hybridized carbons (Fsp3) is 0.750. The van der Waals surface area contributed by atoms with Gasteiger partial charge in [0.2, 0.25) is 0 Å². The van der Waals surface area contributed by atoms with Gasteiger partial charge in [0.25, 0.3) is 0 Å². The quantitative estimate of drug-likeness (QED) is 0.518. The minimum Gasteiger partial charge on any atom is -0.294 e. The van der Waals surface area contributed by atoms with Gasteiger partial charge >= 0.3 is 0 Å². The number of Topliss-reactive ketones (excluding diaryl/α,β-unsaturated/α-hetero) is 1. The van der Waals surface area contributed by atoms with E-state index in [0.717, 1.165) is 11.8 Å². The van der Waals surface area contributed by atoms with Gasteiger partial charge in [-0.05, 0) is 49.5 Å². The summed E-state index contributed by atoms with van der Waals surface area (Å²) in [4.78, 5) is 11.9. The molecule has 0 aromatic carbocycles. The predicted octanol–water partition coefficient (Wildman–Crippen LogP) is 2.57. The number of ketones is 1. The number of rotatable bonds is 0. The van der Waals surface area contributed by atoms with Crippen LogP contribution in [-0.2, 0) is 4.79 Å². The smallest absolute Gasteiger partial charge is 0.162 e. The summed E-state index contributed by atoms with van der Waals surface area (Å²) in [7, 11) is 0. The van der Waals surface area contributed by atoms with E-state index in [0.29, 0.717) is 17.6 Å². The molecule has 1 heteroatoms. The monoisotopic (exact) mass is 176 g/mol. The summed E-state index contributed by atoms with van der Waals surface area (Å²) in [6.45, 7) is 2.03. The normalized spacial score (nSPS) is 50.5. The van der Waals surface area contributed by atoms with Gasteiger partial charge < -0.3 is 0 Å². The van der Waals surface area contributed by atoms with E-state index < -0.39 is 0 Å². The number of fused-ring (bicyclic) bond motifs is 5. The van der Waals surface area contributed by atoms with Crippen LogP contribution < -0.4 is 0 Å². The molecule has 0 spiro atoms. The summed E-state index contributed by atoms with van der Waals surface area (Å²) in [5.41, 5.74) is 1.17. The lowest BCUT2D eigenvalue weighted by Gasteiger charge is -2.25. The highest BCUT2D eigenvalue weighted by Gasteiger charge is 2.55. The molecular weight excluding hydrogens is 160 g/mol. The molecule has 0 radical (unpaired) electrons. The van der Waals surface area contributed by atoms with Crippen LogP contribution in [-0.4, -0.2) is 5.78 Å². The van der Waals surface area contributed by atoms with Gasteiger partial charge in [0.15, 0.2) is 5.78 Å². The van der Waals surface area contributed by atoms with Crippen molar-refractivity contribution in [2.45, 2.75) is 32.6 Å². The summed E-state index contributed by atoms with van der Waals surface area (Å²) in [5.74, 6) is 3.25. The van der Waals surface area contributed by atoms with Crippen molar-refractivity contribution in [1.82, 2.24) is 0 Å². The minimum atomic E-state index is 0.434. The topological polar surface area (TPSA) is 17.1 Å². The third-order valence-corrected chi connectivity index (χ3v) is 4.50. The van der Waals surface area contributed by atoms with Crippen molar-refractivity contribution in [3.63, 3.8) is 0 Å². The van der Waals surface area contributed by atoms with Gasteiger partial charge in [-0.2, -0.15) is 0 Å². The maximum atomic E-state index is 11.9. The van der Waals surface area contributed by atoms with Crippen LogP contribution in [0.2, 0.25) is 0 Å². The molecule has 0 aliphatic heterocycles. The van der Waals surface area contributed by atoms with E-state index in [1.54, 1.807) is 0 Å². The molecule has 3 aliphatic carbocycles. The van der Waals surface area contributed by atoms with Crippen LogP contribution in [0.1, 0.15) is 32.6 Å². The number of hydrogen-bond acceptors (Lipinski definition) is 1.